The summed E-state index contributed by atoms with van der Waals surface area (Å²) in [5.41, 5.74) is 0.914. The Bertz CT molecular complexity index is 890. The summed E-state index contributed by atoms with van der Waals surface area (Å²) in [6.07, 6.45) is 3.33. The summed E-state index contributed by atoms with van der Waals surface area (Å²) in [6, 6.07) is 6.82. The van der Waals surface area contributed by atoms with Crippen LogP contribution in [-0.4, -0.2) is 24.9 Å². The molecule has 0 fully saturated rings. The van der Waals surface area contributed by atoms with Gasteiger partial charge in [0.25, 0.3) is 10.0 Å². The van der Waals surface area contributed by atoms with Crippen LogP contribution in [0.25, 0.3) is 0 Å². The molecule has 0 radical (unpaired) electrons. The molecule has 2 aromatic heterocycles. The highest BCUT2D eigenvalue weighted by Crippen LogP contribution is 2.29. The number of aromatic nitrogens is 2. The molecule has 25 heavy (non-hydrogen) atoms. The van der Waals surface area contributed by atoms with E-state index in [4.69, 9.17) is 0 Å². The van der Waals surface area contributed by atoms with E-state index < -0.39 is 10.0 Å². The van der Waals surface area contributed by atoms with Crippen LogP contribution in [-0.2, 0) is 10.0 Å². The summed E-state index contributed by atoms with van der Waals surface area (Å²) < 4.78 is 27.3. The number of hydrogen-bond donors (Lipinski definition) is 1. The SMILES string of the molecule is CC(C)CN(c1ccc(S(=O)(=O)Nc2nccs2)cc1)c1nccs1. The van der Waals surface area contributed by atoms with Crippen LogP contribution in [0.15, 0.2) is 52.3 Å². The highest BCUT2D eigenvalue weighted by atomic mass is 32.2. The Balaban J connectivity index is 1.85. The van der Waals surface area contributed by atoms with Crippen molar-refractivity contribution in [1.29, 1.82) is 0 Å². The number of rotatable bonds is 7. The monoisotopic (exact) mass is 394 g/mol. The first-order valence-electron chi connectivity index (χ1n) is 7.65. The van der Waals surface area contributed by atoms with E-state index in [1.807, 2.05) is 5.38 Å². The minimum Gasteiger partial charge on any atom is -0.318 e. The zero-order valence-corrected chi connectivity index (χ0v) is 16.2. The van der Waals surface area contributed by atoms with Gasteiger partial charge in [-0.05, 0) is 30.2 Å². The number of nitrogens with one attached hydrogen (secondary N) is 1. The second-order valence-corrected chi connectivity index (χ2v) is 9.21. The molecule has 1 aromatic carbocycles. The Morgan fingerprint density at radius 2 is 1.76 bits per heavy atom. The van der Waals surface area contributed by atoms with Crippen molar-refractivity contribution >= 4 is 48.6 Å². The van der Waals surface area contributed by atoms with Crippen LogP contribution in [0.2, 0.25) is 0 Å². The molecule has 0 bridgehead atoms. The zero-order valence-electron chi connectivity index (χ0n) is 13.8. The maximum Gasteiger partial charge on any atom is 0.263 e. The lowest BCUT2D eigenvalue weighted by Crippen LogP contribution is -2.22. The van der Waals surface area contributed by atoms with Gasteiger partial charge in [-0.1, -0.05) is 13.8 Å². The normalized spacial score (nSPS) is 11.6. The molecule has 132 valence electrons. The van der Waals surface area contributed by atoms with Crippen molar-refractivity contribution in [2.75, 3.05) is 16.2 Å². The topological polar surface area (TPSA) is 75.2 Å². The Hall–Kier alpha value is -1.97. The predicted octanol–water partition coefficient (Wildman–Crippen LogP) is 4.19. The molecule has 0 atom stereocenters. The predicted molar refractivity (Wildman–Crippen MR) is 103 cm³/mol. The van der Waals surface area contributed by atoms with Gasteiger partial charge in [-0.3, -0.25) is 4.72 Å². The van der Waals surface area contributed by atoms with E-state index in [0.717, 1.165) is 17.4 Å². The Morgan fingerprint density at radius 1 is 1.08 bits per heavy atom. The van der Waals surface area contributed by atoms with Crippen LogP contribution < -0.4 is 9.62 Å². The molecule has 0 amide bonds. The lowest BCUT2D eigenvalue weighted by atomic mass is 10.2. The fraction of sp³-hybridized carbons (Fsp3) is 0.250. The van der Waals surface area contributed by atoms with Crippen LogP contribution >= 0.6 is 22.7 Å². The van der Waals surface area contributed by atoms with Gasteiger partial charge in [-0.2, -0.15) is 0 Å². The van der Waals surface area contributed by atoms with Gasteiger partial charge in [-0.15, -0.1) is 22.7 Å². The highest BCUT2D eigenvalue weighted by molar-refractivity contribution is 7.93. The van der Waals surface area contributed by atoms with E-state index in [0.29, 0.717) is 11.0 Å². The van der Waals surface area contributed by atoms with E-state index in [-0.39, 0.29) is 4.90 Å². The van der Waals surface area contributed by atoms with Gasteiger partial charge in [-0.25, -0.2) is 18.4 Å². The standard InChI is InChI=1S/C16H18N4O2S3/c1-12(2)11-20(16-18-8-10-24-16)13-3-5-14(6-4-13)25(21,22)19-15-17-7-9-23-15/h3-10,12H,11H2,1-2H3,(H,17,19). The number of hydrogen-bond acceptors (Lipinski definition) is 7. The van der Waals surface area contributed by atoms with Crippen LogP contribution in [0.4, 0.5) is 16.0 Å². The molecule has 3 aromatic rings. The third-order valence-electron chi connectivity index (χ3n) is 3.31. The second-order valence-electron chi connectivity index (χ2n) is 5.76. The zero-order chi connectivity index (χ0) is 17.9. The minimum atomic E-state index is -3.64. The molecule has 0 saturated carbocycles. The molecule has 2 heterocycles. The summed E-state index contributed by atoms with van der Waals surface area (Å²) in [4.78, 5) is 10.6. The summed E-state index contributed by atoms with van der Waals surface area (Å²) in [5, 5.41) is 4.90. The molecule has 0 saturated heterocycles. The van der Waals surface area contributed by atoms with E-state index in [1.165, 1.54) is 11.3 Å². The van der Waals surface area contributed by atoms with Crippen molar-refractivity contribution in [3.63, 3.8) is 0 Å². The first-order chi connectivity index (χ1) is 12.0. The van der Waals surface area contributed by atoms with Gasteiger partial charge in [0.2, 0.25) is 0 Å². The van der Waals surface area contributed by atoms with E-state index in [1.54, 1.807) is 53.4 Å². The summed E-state index contributed by atoms with van der Waals surface area (Å²) in [6.45, 7) is 5.08. The van der Waals surface area contributed by atoms with Crippen LogP contribution in [0.1, 0.15) is 13.8 Å². The third kappa shape index (κ3) is 4.36. The number of sulfonamides is 1. The average Bonchev–Trinajstić information content (AvgIpc) is 3.26. The molecule has 0 aliphatic carbocycles. The molecular formula is C16H18N4O2S3. The minimum absolute atomic E-state index is 0.204. The molecule has 6 nitrogen and oxygen atoms in total. The van der Waals surface area contributed by atoms with Crippen molar-refractivity contribution in [1.82, 2.24) is 9.97 Å². The van der Waals surface area contributed by atoms with E-state index in [9.17, 15) is 8.42 Å². The second kappa shape index (κ2) is 7.51. The van der Waals surface area contributed by atoms with Gasteiger partial charge < -0.3 is 4.90 Å². The molecule has 3 rings (SSSR count). The first kappa shape index (κ1) is 17.8. The molecule has 0 aliphatic rings. The van der Waals surface area contributed by atoms with Gasteiger partial charge in [0.1, 0.15) is 0 Å². The Kier molecular flexibility index (Phi) is 5.36. The molecule has 9 heteroatoms. The summed E-state index contributed by atoms with van der Waals surface area (Å²) in [5.74, 6) is 0.443. The quantitative estimate of drug-likeness (QED) is 0.650. The lowest BCUT2D eigenvalue weighted by molar-refractivity contribution is 0.601. The maximum absolute atomic E-state index is 12.4. The lowest BCUT2D eigenvalue weighted by Gasteiger charge is -2.24. The van der Waals surface area contributed by atoms with E-state index in [2.05, 4.69) is 33.4 Å². The van der Waals surface area contributed by atoms with Crippen LogP contribution in [0.3, 0.4) is 0 Å². The molecular weight excluding hydrogens is 376 g/mol. The fourth-order valence-corrected chi connectivity index (χ4v) is 4.72. The number of anilines is 3. The van der Waals surface area contributed by atoms with Gasteiger partial charge in [0.05, 0.1) is 4.90 Å². The van der Waals surface area contributed by atoms with E-state index >= 15 is 0 Å². The maximum atomic E-state index is 12.4. The first-order valence-corrected chi connectivity index (χ1v) is 10.9. The molecule has 0 unspecified atom stereocenters. The summed E-state index contributed by atoms with van der Waals surface area (Å²) >= 11 is 2.80. The highest BCUT2D eigenvalue weighted by Gasteiger charge is 2.18. The third-order valence-corrected chi connectivity index (χ3v) is 6.28. The van der Waals surface area contributed by atoms with Gasteiger partial charge >= 0.3 is 0 Å². The van der Waals surface area contributed by atoms with Crippen molar-refractivity contribution in [3.05, 3.63) is 47.4 Å². The fourth-order valence-electron chi connectivity index (χ4n) is 2.26. The largest absolute Gasteiger partial charge is 0.318 e. The van der Waals surface area contributed by atoms with Crippen LogP contribution in [0, 0.1) is 5.92 Å². The van der Waals surface area contributed by atoms with Gasteiger partial charge in [0, 0.05) is 35.4 Å². The smallest absolute Gasteiger partial charge is 0.263 e. The van der Waals surface area contributed by atoms with Crippen molar-refractivity contribution in [2.24, 2.45) is 5.92 Å². The Labute approximate surface area is 155 Å². The van der Waals surface area contributed by atoms with Crippen molar-refractivity contribution in [2.45, 2.75) is 18.7 Å². The number of thiazole rings is 2. The summed E-state index contributed by atoms with van der Waals surface area (Å²) in [7, 11) is -3.64. The molecule has 0 aliphatic heterocycles. The van der Waals surface area contributed by atoms with Crippen LogP contribution in [0.5, 0.6) is 0 Å². The average molecular weight is 395 g/mol. The van der Waals surface area contributed by atoms with Crippen molar-refractivity contribution in [3.8, 4) is 0 Å². The number of nitrogens with zero attached hydrogens (tertiary/aromatic N) is 3. The molecule has 0 spiro atoms. The molecule has 1 N–H and O–H groups in total. The van der Waals surface area contributed by atoms with Gasteiger partial charge in [0.15, 0.2) is 10.3 Å². The Morgan fingerprint density at radius 3 is 2.32 bits per heavy atom. The number of benzene rings is 1. The van der Waals surface area contributed by atoms with Crippen molar-refractivity contribution < 1.29 is 8.42 Å².